The van der Waals surface area contributed by atoms with Gasteiger partial charge >= 0.3 is 0 Å². The molecular weight excluding hydrogens is 348 g/mol. The van der Waals surface area contributed by atoms with Crippen molar-refractivity contribution >= 4 is 33.3 Å². The van der Waals surface area contributed by atoms with Gasteiger partial charge in [0, 0.05) is 18.8 Å². The summed E-state index contributed by atoms with van der Waals surface area (Å²) in [6.07, 6.45) is 0.154. The second-order valence-electron chi connectivity index (χ2n) is 5.62. The fraction of sp³-hybridized carbons (Fsp3) is 0.267. The first-order valence-electron chi connectivity index (χ1n) is 7.38. The van der Waals surface area contributed by atoms with Crippen molar-refractivity contribution in [2.75, 3.05) is 23.8 Å². The Morgan fingerprint density at radius 2 is 2.12 bits per heavy atom. The van der Waals surface area contributed by atoms with E-state index in [0.29, 0.717) is 17.0 Å². The minimum atomic E-state index is -3.88. The van der Waals surface area contributed by atoms with Crippen LogP contribution in [0.25, 0.3) is 0 Å². The summed E-state index contributed by atoms with van der Waals surface area (Å²) in [5.41, 5.74) is 1.32. The molecule has 0 atom stereocenters. The number of aromatic nitrogens is 1. The minimum absolute atomic E-state index is 0.000527. The molecule has 0 spiro atoms. The van der Waals surface area contributed by atoms with Crippen LogP contribution < -0.4 is 14.9 Å². The van der Waals surface area contributed by atoms with E-state index in [1.54, 1.807) is 20.0 Å². The number of nitrogens with zero attached hydrogens (tertiary/aromatic N) is 2. The molecule has 1 aliphatic heterocycles. The fourth-order valence-electron chi connectivity index (χ4n) is 2.47. The summed E-state index contributed by atoms with van der Waals surface area (Å²) in [6.45, 7) is 1.21. The van der Waals surface area contributed by atoms with Crippen molar-refractivity contribution in [1.29, 1.82) is 0 Å². The molecule has 2 amide bonds. The van der Waals surface area contributed by atoms with Crippen LogP contribution in [-0.4, -0.2) is 39.0 Å². The molecule has 0 aliphatic carbocycles. The zero-order valence-corrected chi connectivity index (χ0v) is 14.4. The standard InChI is InChI=1S/C15H16N4O5S/c1-9-5-13(18-24-9)17-14(20)8-16-25(22,23)11-3-4-12-10(6-11)7-15(21)19(12)2/h3-6,16H,7-8H2,1-2H3,(H,17,18,20). The monoisotopic (exact) mass is 364 g/mol. The second kappa shape index (κ2) is 6.30. The van der Waals surface area contributed by atoms with Gasteiger partial charge in [0.05, 0.1) is 17.9 Å². The SMILES string of the molecule is Cc1cc(NC(=O)CNS(=O)(=O)c2ccc3c(c2)CC(=O)N3C)no1. The van der Waals surface area contributed by atoms with Gasteiger partial charge in [-0.05, 0) is 30.7 Å². The smallest absolute Gasteiger partial charge is 0.241 e. The van der Waals surface area contributed by atoms with E-state index in [-0.39, 0.29) is 23.0 Å². The molecule has 2 heterocycles. The lowest BCUT2D eigenvalue weighted by molar-refractivity contribution is -0.117. The maximum absolute atomic E-state index is 12.3. The summed E-state index contributed by atoms with van der Waals surface area (Å²) >= 11 is 0. The van der Waals surface area contributed by atoms with Gasteiger partial charge in [-0.1, -0.05) is 5.16 Å². The van der Waals surface area contributed by atoms with Crippen LogP contribution in [-0.2, 0) is 26.0 Å². The van der Waals surface area contributed by atoms with Gasteiger partial charge in [0.2, 0.25) is 21.8 Å². The molecule has 2 N–H and O–H groups in total. The van der Waals surface area contributed by atoms with Gasteiger partial charge in [-0.15, -0.1) is 0 Å². The number of sulfonamides is 1. The maximum Gasteiger partial charge on any atom is 0.241 e. The molecule has 25 heavy (non-hydrogen) atoms. The number of carbonyl (C=O) groups is 2. The van der Waals surface area contributed by atoms with Gasteiger partial charge in [0.1, 0.15) is 5.76 Å². The Kier molecular flexibility index (Phi) is 4.31. The first kappa shape index (κ1) is 17.1. The lowest BCUT2D eigenvalue weighted by Crippen LogP contribution is -2.33. The molecule has 1 aromatic heterocycles. The quantitative estimate of drug-likeness (QED) is 0.793. The summed E-state index contributed by atoms with van der Waals surface area (Å²) in [5.74, 6) is 0.0575. The van der Waals surface area contributed by atoms with E-state index >= 15 is 0 Å². The van der Waals surface area contributed by atoms with E-state index in [9.17, 15) is 18.0 Å². The van der Waals surface area contributed by atoms with Crippen LogP contribution >= 0.6 is 0 Å². The number of aryl methyl sites for hydroxylation is 1. The van der Waals surface area contributed by atoms with Crippen LogP contribution in [0.5, 0.6) is 0 Å². The summed E-state index contributed by atoms with van der Waals surface area (Å²) in [6, 6.07) is 5.93. The van der Waals surface area contributed by atoms with E-state index in [1.807, 2.05) is 0 Å². The van der Waals surface area contributed by atoms with Gasteiger partial charge in [-0.2, -0.15) is 0 Å². The third-order valence-electron chi connectivity index (χ3n) is 3.76. The van der Waals surface area contributed by atoms with E-state index in [4.69, 9.17) is 4.52 Å². The van der Waals surface area contributed by atoms with E-state index in [2.05, 4.69) is 15.2 Å². The molecule has 2 aromatic rings. The highest BCUT2D eigenvalue weighted by atomic mass is 32.2. The van der Waals surface area contributed by atoms with Gasteiger partial charge in [0.15, 0.2) is 5.82 Å². The summed E-state index contributed by atoms with van der Waals surface area (Å²) in [7, 11) is -2.25. The molecule has 0 saturated carbocycles. The number of rotatable bonds is 5. The van der Waals surface area contributed by atoms with Crippen molar-refractivity contribution in [3.63, 3.8) is 0 Å². The highest BCUT2D eigenvalue weighted by Crippen LogP contribution is 2.29. The van der Waals surface area contributed by atoms with Crippen molar-refractivity contribution in [1.82, 2.24) is 9.88 Å². The minimum Gasteiger partial charge on any atom is -0.360 e. The van der Waals surface area contributed by atoms with Gasteiger partial charge in [0.25, 0.3) is 0 Å². The van der Waals surface area contributed by atoms with Crippen molar-refractivity contribution in [3.8, 4) is 0 Å². The molecular formula is C15H16N4O5S. The van der Waals surface area contributed by atoms with Crippen LogP contribution in [0.3, 0.4) is 0 Å². The molecule has 3 rings (SSSR count). The summed E-state index contributed by atoms with van der Waals surface area (Å²) in [4.78, 5) is 25.0. The predicted molar refractivity (Wildman–Crippen MR) is 88.6 cm³/mol. The van der Waals surface area contributed by atoms with Gasteiger partial charge in [-0.25, -0.2) is 13.1 Å². The second-order valence-corrected chi connectivity index (χ2v) is 7.38. The Balaban J connectivity index is 1.67. The lowest BCUT2D eigenvalue weighted by Gasteiger charge is -2.11. The normalized spacial score (nSPS) is 13.8. The number of amides is 2. The van der Waals surface area contributed by atoms with Gasteiger partial charge < -0.3 is 14.7 Å². The first-order valence-corrected chi connectivity index (χ1v) is 8.87. The zero-order chi connectivity index (χ0) is 18.2. The third kappa shape index (κ3) is 3.54. The topological polar surface area (TPSA) is 122 Å². The Morgan fingerprint density at radius 1 is 1.36 bits per heavy atom. The van der Waals surface area contributed by atoms with E-state index in [0.717, 1.165) is 0 Å². The predicted octanol–water partition coefficient (Wildman–Crippen LogP) is 0.419. The average molecular weight is 364 g/mol. The molecule has 1 aliphatic rings. The average Bonchev–Trinajstić information content (AvgIpc) is 3.09. The van der Waals surface area contributed by atoms with Crippen LogP contribution in [0.15, 0.2) is 33.7 Å². The molecule has 9 nitrogen and oxygen atoms in total. The highest BCUT2D eigenvalue weighted by molar-refractivity contribution is 7.89. The van der Waals surface area contributed by atoms with Crippen molar-refractivity contribution in [2.24, 2.45) is 0 Å². The molecule has 0 radical (unpaired) electrons. The Hall–Kier alpha value is -2.72. The molecule has 0 fully saturated rings. The largest absolute Gasteiger partial charge is 0.360 e. The summed E-state index contributed by atoms with van der Waals surface area (Å²) in [5, 5.41) is 6.01. The van der Waals surface area contributed by atoms with Crippen molar-refractivity contribution < 1.29 is 22.5 Å². The van der Waals surface area contributed by atoms with Crippen LogP contribution in [0.1, 0.15) is 11.3 Å². The van der Waals surface area contributed by atoms with E-state index < -0.39 is 22.5 Å². The number of hydrogen-bond acceptors (Lipinski definition) is 6. The maximum atomic E-state index is 12.3. The third-order valence-corrected chi connectivity index (χ3v) is 5.16. The fourth-order valence-corrected chi connectivity index (χ4v) is 3.50. The zero-order valence-electron chi connectivity index (χ0n) is 13.6. The highest BCUT2D eigenvalue weighted by Gasteiger charge is 2.26. The first-order chi connectivity index (χ1) is 11.8. The summed E-state index contributed by atoms with van der Waals surface area (Å²) < 4.78 is 31.7. The van der Waals surface area contributed by atoms with Crippen LogP contribution in [0.4, 0.5) is 11.5 Å². The Bertz CT molecular complexity index is 951. The number of nitrogens with one attached hydrogen (secondary N) is 2. The van der Waals surface area contributed by atoms with Crippen molar-refractivity contribution in [2.45, 2.75) is 18.2 Å². The molecule has 0 saturated heterocycles. The number of benzene rings is 1. The Morgan fingerprint density at radius 3 is 2.80 bits per heavy atom. The lowest BCUT2D eigenvalue weighted by atomic mass is 10.2. The molecule has 0 bridgehead atoms. The number of hydrogen-bond donors (Lipinski definition) is 2. The van der Waals surface area contributed by atoms with Gasteiger partial charge in [-0.3, -0.25) is 9.59 Å². The Labute approximate surface area is 144 Å². The number of likely N-dealkylation sites (N-methyl/N-ethyl adjacent to an activating group) is 1. The molecule has 0 unspecified atom stereocenters. The van der Waals surface area contributed by atoms with Crippen LogP contribution in [0.2, 0.25) is 0 Å². The van der Waals surface area contributed by atoms with Crippen molar-refractivity contribution in [3.05, 3.63) is 35.6 Å². The molecule has 132 valence electrons. The van der Waals surface area contributed by atoms with E-state index in [1.165, 1.54) is 23.1 Å². The van der Waals surface area contributed by atoms with Crippen LogP contribution in [0, 0.1) is 6.92 Å². The number of fused-ring (bicyclic) bond motifs is 1. The number of anilines is 2. The molecule has 1 aromatic carbocycles. The molecule has 10 heteroatoms. The number of carbonyl (C=O) groups excluding carboxylic acids is 2.